The Hall–Kier alpha value is -1.59. The molecule has 1 fully saturated rings. The Labute approximate surface area is 101 Å². The van der Waals surface area contributed by atoms with Crippen molar-refractivity contribution in [2.45, 2.75) is 45.2 Å². The Balaban J connectivity index is 1.79. The van der Waals surface area contributed by atoms with E-state index in [4.69, 9.17) is 4.52 Å². The van der Waals surface area contributed by atoms with Crippen molar-refractivity contribution in [2.75, 3.05) is 7.05 Å². The van der Waals surface area contributed by atoms with Crippen LogP contribution in [0.2, 0.25) is 0 Å². The van der Waals surface area contributed by atoms with E-state index in [-0.39, 0.29) is 0 Å². The molecular weight excluding hydrogens is 218 g/mol. The standard InChI is InChI=1S/C11H19N5O/c1-8-14-10(17-16-8)7-13-11(12-2)15-9-5-3-4-6-9/h9H,3-7H2,1-2H3,(H2,12,13,15). The van der Waals surface area contributed by atoms with E-state index in [1.165, 1.54) is 25.7 Å². The highest BCUT2D eigenvalue weighted by Crippen LogP contribution is 2.17. The van der Waals surface area contributed by atoms with Crippen molar-refractivity contribution in [1.82, 2.24) is 20.8 Å². The molecule has 94 valence electrons. The van der Waals surface area contributed by atoms with Gasteiger partial charge in [0, 0.05) is 13.1 Å². The zero-order valence-corrected chi connectivity index (χ0v) is 10.4. The molecule has 0 bridgehead atoms. The maximum Gasteiger partial charge on any atom is 0.246 e. The first-order valence-corrected chi connectivity index (χ1v) is 6.04. The van der Waals surface area contributed by atoms with Crippen molar-refractivity contribution >= 4 is 5.96 Å². The Morgan fingerprint density at radius 3 is 2.82 bits per heavy atom. The Morgan fingerprint density at radius 2 is 2.24 bits per heavy atom. The summed E-state index contributed by atoms with van der Waals surface area (Å²) in [6.45, 7) is 2.31. The molecule has 1 aliphatic carbocycles. The minimum Gasteiger partial charge on any atom is -0.354 e. The van der Waals surface area contributed by atoms with Gasteiger partial charge in [0.15, 0.2) is 11.8 Å². The molecule has 0 radical (unpaired) electrons. The maximum atomic E-state index is 5.02. The molecule has 1 aromatic rings. The van der Waals surface area contributed by atoms with Crippen molar-refractivity contribution < 1.29 is 4.52 Å². The van der Waals surface area contributed by atoms with Gasteiger partial charge in [-0.25, -0.2) is 0 Å². The first kappa shape index (κ1) is 11.9. The van der Waals surface area contributed by atoms with Gasteiger partial charge < -0.3 is 15.2 Å². The number of hydrogen-bond acceptors (Lipinski definition) is 4. The predicted octanol–water partition coefficient (Wildman–Crippen LogP) is 0.986. The van der Waals surface area contributed by atoms with Gasteiger partial charge in [0.25, 0.3) is 0 Å². The maximum absolute atomic E-state index is 5.02. The molecule has 17 heavy (non-hydrogen) atoms. The summed E-state index contributed by atoms with van der Waals surface area (Å²) in [6, 6.07) is 0.547. The monoisotopic (exact) mass is 237 g/mol. The normalized spacial score (nSPS) is 17.4. The highest BCUT2D eigenvalue weighted by Gasteiger charge is 2.16. The van der Waals surface area contributed by atoms with Crippen LogP contribution in [-0.2, 0) is 6.54 Å². The van der Waals surface area contributed by atoms with Crippen molar-refractivity contribution in [3.63, 3.8) is 0 Å². The lowest BCUT2D eigenvalue weighted by molar-refractivity contribution is 0.371. The molecule has 0 aromatic carbocycles. The molecule has 1 aromatic heterocycles. The number of aryl methyl sites for hydroxylation is 1. The smallest absolute Gasteiger partial charge is 0.246 e. The fraction of sp³-hybridized carbons (Fsp3) is 0.727. The van der Waals surface area contributed by atoms with E-state index in [1.807, 2.05) is 0 Å². The third-order valence-corrected chi connectivity index (χ3v) is 2.90. The van der Waals surface area contributed by atoms with E-state index in [0.717, 1.165) is 5.96 Å². The van der Waals surface area contributed by atoms with Gasteiger partial charge in [-0.2, -0.15) is 4.98 Å². The fourth-order valence-corrected chi connectivity index (χ4v) is 2.03. The Kier molecular flexibility index (Phi) is 3.95. The summed E-state index contributed by atoms with van der Waals surface area (Å²) in [7, 11) is 1.77. The van der Waals surface area contributed by atoms with Crippen LogP contribution in [0.4, 0.5) is 0 Å². The number of nitrogens with one attached hydrogen (secondary N) is 2. The summed E-state index contributed by atoms with van der Waals surface area (Å²) in [6.07, 6.45) is 5.05. The van der Waals surface area contributed by atoms with E-state index < -0.39 is 0 Å². The van der Waals surface area contributed by atoms with Crippen molar-refractivity contribution in [3.8, 4) is 0 Å². The molecule has 0 unspecified atom stereocenters. The first-order chi connectivity index (χ1) is 8.28. The number of hydrogen-bond donors (Lipinski definition) is 2. The summed E-state index contributed by atoms with van der Waals surface area (Å²) in [5.74, 6) is 2.03. The van der Waals surface area contributed by atoms with Gasteiger partial charge in [-0.05, 0) is 19.8 Å². The third-order valence-electron chi connectivity index (χ3n) is 2.90. The summed E-state index contributed by atoms with van der Waals surface area (Å²) >= 11 is 0. The Bertz CT molecular complexity index is 381. The van der Waals surface area contributed by atoms with Gasteiger partial charge in [-0.3, -0.25) is 4.99 Å². The van der Waals surface area contributed by atoms with Crippen LogP contribution in [0.1, 0.15) is 37.4 Å². The molecule has 1 aliphatic rings. The van der Waals surface area contributed by atoms with Crippen LogP contribution >= 0.6 is 0 Å². The average Bonchev–Trinajstić information content (AvgIpc) is 2.96. The topological polar surface area (TPSA) is 75.3 Å². The molecule has 1 heterocycles. The third kappa shape index (κ3) is 3.44. The van der Waals surface area contributed by atoms with Gasteiger partial charge in [-0.15, -0.1) is 0 Å². The van der Waals surface area contributed by atoms with Crippen molar-refractivity contribution in [2.24, 2.45) is 4.99 Å². The minimum absolute atomic E-state index is 0.507. The van der Waals surface area contributed by atoms with Crippen LogP contribution in [0.25, 0.3) is 0 Å². The summed E-state index contributed by atoms with van der Waals surface area (Å²) in [5.41, 5.74) is 0. The summed E-state index contributed by atoms with van der Waals surface area (Å²) < 4.78 is 5.02. The quantitative estimate of drug-likeness (QED) is 0.605. The molecule has 2 N–H and O–H groups in total. The van der Waals surface area contributed by atoms with E-state index in [1.54, 1.807) is 14.0 Å². The molecular formula is C11H19N5O. The minimum atomic E-state index is 0.507. The largest absolute Gasteiger partial charge is 0.354 e. The van der Waals surface area contributed by atoms with Crippen LogP contribution in [0, 0.1) is 6.92 Å². The number of rotatable bonds is 3. The SMILES string of the molecule is CN=C(NCc1nc(C)no1)NC1CCCC1. The molecule has 1 saturated carbocycles. The second kappa shape index (κ2) is 5.65. The highest BCUT2D eigenvalue weighted by atomic mass is 16.5. The lowest BCUT2D eigenvalue weighted by Gasteiger charge is -2.15. The van der Waals surface area contributed by atoms with Gasteiger partial charge in [0.05, 0.1) is 6.54 Å². The molecule has 2 rings (SSSR count). The summed E-state index contributed by atoms with van der Waals surface area (Å²) in [5, 5.41) is 10.3. The molecule has 0 spiro atoms. The van der Waals surface area contributed by atoms with Crippen LogP contribution in [0.15, 0.2) is 9.52 Å². The molecule has 0 amide bonds. The average molecular weight is 237 g/mol. The van der Waals surface area contributed by atoms with E-state index in [9.17, 15) is 0 Å². The zero-order chi connectivity index (χ0) is 12.1. The van der Waals surface area contributed by atoms with Crippen LogP contribution < -0.4 is 10.6 Å². The second-order valence-electron chi connectivity index (χ2n) is 4.29. The van der Waals surface area contributed by atoms with Gasteiger partial charge >= 0.3 is 0 Å². The van der Waals surface area contributed by atoms with Gasteiger partial charge in [-0.1, -0.05) is 18.0 Å². The van der Waals surface area contributed by atoms with Crippen molar-refractivity contribution in [3.05, 3.63) is 11.7 Å². The van der Waals surface area contributed by atoms with Crippen LogP contribution in [0.5, 0.6) is 0 Å². The molecule has 0 saturated heterocycles. The predicted molar refractivity (Wildman–Crippen MR) is 64.6 cm³/mol. The first-order valence-electron chi connectivity index (χ1n) is 6.04. The molecule has 6 heteroatoms. The summed E-state index contributed by atoms with van der Waals surface area (Å²) in [4.78, 5) is 8.30. The Morgan fingerprint density at radius 1 is 1.47 bits per heavy atom. The van der Waals surface area contributed by atoms with Crippen LogP contribution in [0.3, 0.4) is 0 Å². The van der Waals surface area contributed by atoms with Gasteiger partial charge in [0.2, 0.25) is 5.89 Å². The highest BCUT2D eigenvalue weighted by molar-refractivity contribution is 5.79. The molecule has 0 aliphatic heterocycles. The van der Waals surface area contributed by atoms with E-state index in [2.05, 4.69) is 25.8 Å². The van der Waals surface area contributed by atoms with Crippen LogP contribution in [-0.4, -0.2) is 29.2 Å². The fourth-order valence-electron chi connectivity index (χ4n) is 2.03. The lowest BCUT2D eigenvalue weighted by atomic mass is 10.2. The molecule has 6 nitrogen and oxygen atoms in total. The lowest BCUT2D eigenvalue weighted by Crippen LogP contribution is -2.41. The second-order valence-corrected chi connectivity index (χ2v) is 4.29. The van der Waals surface area contributed by atoms with Gasteiger partial charge in [0.1, 0.15) is 0 Å². The zero-order valence-electron chi connectivity index (χ0n) is 10.4. The number of aromatic nitrogens is 2. The van der Waals surface area contributed by atoms with E-state index >= 15 is 0 Å². The molecule has 0 atom stereocenters. The van der Waals surface area contributed by atoms with Crippen molar-refractivity contribution in [1.29, 1.82) is 0 Å². The number of nitrogens with zero attached hydrogens (tertiary/aromatic N) is 3. The number of guanidine groups is 1. The number of aliphatic imine (C=N–C) groups is 1. The van der Waals surface area contributed by atoms with E-state index in [0.29, 0.717) is 24.3 Å².